The Morgan fingerprint density at radius 1 is 1.32 bits per heavy atom. The Balaban J connectivity index is 1.61. The minimum atomic E-state index is 0.0141. The summed E-state index contributed by atoms with van der Waals surface area (Å²) < 4.78 is 1.05. The normalized spacial score (nSPS) is 18.1. The molecule has 25 heavy (non-hydrogen) atoms. The zero-order valence-electron chi connectivity index (χ0n) is 14.3. The third-order valence-electron chi connectivity index (χ3n) is 4.65. The number of carbonyl (C=O) groups excluding carboxylic acids is 1. The van der Waals surface area contributed by atoms with Gasteiger partial charge in [0.2, 0.25) is 5.91 Å². The number of likely N-dealkylation sites (tertiary alicyclic amines) is 1. The fourth-order valence-corrected chi connectivity index (χ4v) is 3.69. The molecule has 0 saturated carbocycles. The van der Waals surface area contributed by atoms with Crippen molar-refractivity contribution in [2.75, 3.05) is 18.4 Å². The topological polar surface area (TPSA) is 32.3 Å². The van der Waals surface area contributed by atoms with Gasteiger partial charge in [-0.25, -0.2) is 0 Å². The average molecular weight is 422 g/mol. The van der Waals surface area contributed by atoms with Crippen molar-refractivity contribution in [3.05, 3.63) is 63.1 Å². The van der Waals surface area contributed by atoms with E-state index in [9.17, 15) is 4.79 Å². The summed E-state index contributed by atoms with van der Waals surface area (Å²) in [4.78, 5) is 15.0. The van der Waals surface area contributed by atoms with Gasteiger partial charge in [-0.2, -0.15) is 0 Å². The Kier molecular flexibility index (Phi) is 6.15. The molecule has 0 radical (unpaired) electrons. The first kappa shape index (κ1) is 18.4. The maximum atomic E-state index is 12.7. The van der Waals surface area contributed by atoms with Crippen LogP contribution in [0.2, 0.25) is 5.02 Å². The van der Waals surface area contributed by atoms with Crippen LogP contribution in [0.1, 0.15) is 24.0 Å². The van der Waals surface area contributed by atoms with Crippen molar-refractivity contribution in [1.29, 1.82) is 0 Å². The number of nitrogens with zero attached hydrogens (tertiary/aromatic N) is 1. The summed E-state index contributed by atoms with van der Waals surface area (Å²) in [6.07, 6.45) is 1.96. The lowest BCUT2D eigenvalue weighted by Gasteiger charge is -2.32. The number of hydrogen-bond donors (Lipinski definition) is 1. The number of nitrogens with one attached hydrogen (secondary N) is 1. The van der Waals surface area contributed by atoms with E-state index in [0.29, 0.717) is 0 Å². The molecule has 1 aliphatic rings. The number of carbonyl (C=O) groups is 1. The van der Waals surface area contributed by atoms with Crippen LogP contribution in [0.25, 0.3) is 0 Å². The van der Waals surface area contributed by atoms with Gasteiger partial charge in [-0.3, -0.25) is 9.69 Å². The first-order valence-corrected chi connectivity index (χ1v) is 9.73. The van der Waals surface area contributed by atoms with E-state index in [1.165, 1.54) is 0 Å². The van der Waals surface area contributed by atoms with Crippen molar-refractivity contribution in [1.82, 2.24) is 4.90 Å². The summed E-state index contributed by atoms with van der Waals surface area (Å²) in [7, 11) is 0. The SMILES string of the molecule is Cc1cc(NC(=O)C2CCCN(Cc3ccccc3Cl)C2)ccc1Br. The molecule has 5 heteroatoms. The van der Waals surface area contributed by atoms with E-state index in [1.54, 1.807) is 0 Å². The van der Waals surface area contributed by atoms with Gasteiger partial charge >= 0.3 is 0 Å². The number of aryl methyl sites for hydroxylation is 1. The van der Waals surface area contributed by atoms with Crippen LogP contribution < -0.4 is 5.32 Å². The zero-order valence-corrected chi connectivity index (χ0v) is 16.6. The third-order valence-corrected chi connectivity index (χ3v) is 5.91. The molecule has 1 saturated heterocycles. The molecule has 0 bridgehead atoms. The molecular formula is C20H22BrClN2O. The molecule has 2 aromatic rings. The Hall–Kier alpha value is -1.36. The number of hydrogen-bond acceptors (Lipinski definition) is 2. The highest BCUT2D eigenvalue weighted by atomic mass is 79.9. The van der Waals surface area contributed by atoms with E-state index in [1.807, 2.05) is 43.3 Å². The second-order valence-electron chi connectivity index (χ2n) is 6.62. The van der Waals surface area contributed by atoms with Gasteiger partial charge in [-0.05, 0) is 61.7 Å². The first-order valence-electron chi connectivity index (χ1n) is 8.55. The molecule has 3 rings (SSSR count). The summed E-state index contributed by atoms with van der Waals surface area (Å²) in [5, 5.41) is 3.85. The van der Waals surface area contributed by atoms with Gasteiger partial charge in [-0.1, -0.05) is 45.7 Å². The second-order valence-corrected chi connectivity index (χ2v) is 7.88. The number of benzene rings is 2. The smallest absolute Gasteiger partial charge is 0.228 e. The number of amides is 1. The standard InChI is InChI=1S/C20H22BrClN2O/c1-14-11-17(8-9-18(14)21)23-20(25)16-6-4-10-24(13-16)12-15-5-2-3-7-19(15)22/h2-3,5,7-9,11,16H,4,6,10,12-13H2,1H3,(H,23,25). The zero-order chi connectivity index (χ0) is 17.8. The van der Waals surface area contributed by atoms with Crippen LogP contribution in [0.4, 0.5) is 5.69 Å². The largest absolute Gasteiger partial charge is 0.326 e. The summed E-state index contributed by atoms with van der Waals surface area (Å²) >= 11 is 9.75. The average Bonchev–Trinajstić information content (AvgIpc) is 2.60. The molecule has 1 amide bonds. The summed E-state index contributed by atoms with van der Waals surface area (Å²) in [6.45, 7) is 4.59. The van der Waals surface area contributed by atoms with Crippen molar-refractivity contribution in [3.8, 4) is 0 Å². The third kappa shape index (κ3) is 4.84. The van der Waals surface area contributed by atoms with Crippen LogP contribution >= 0.6 is 27.5 Å². The molecule has 0 spiro atoms. The molecule has 1 unspecified atom stereocenters. The number of anilines is 1. The molecule has 1 heterocycles. The Labute approximate surface area is 162 Å². The highest BCUT2D eigenvalue weighted by Gasteiger charge is 2.26. The molecule has 2 aromatic carbocycles. The van der Waals surface area contributed by atoms with Crippen LogP contribution in [0, 0.1) is 12.8 Å². The fourth-order valence-electron chi connectivity index (χ4n) is 3.25. The van der Waals surface area contributed by atoms with E-state index in [4.69, 9.17) is 11.6 Å². The highest BCUT2D eigenvalue weighted by molar-refractivity contribution is 9.10. The molecule has 132 valence electrons. The van der Waals surface area contributed by atoms with Gasteiger partial charge in [0, 0.05) is 28.3 Å². The maximum Gasteiger partial charge on any atom is 0.228 e. The van der Waals surface area contributed by atoms with Crippen molar-refractivity contribution >= 4 is 39.1 Å². The van der Waals surface area contributed by atoms with Gasteiger partial charge in [-0.15, -0.1) is 0 Å². The molecular weight excluding hydrogens is 400 g/mol. The molecule has 1 N–H and O–H groups in total. The monoisotopic (exact) mass is 420 g/mol. The summed E-state index contributed by atoms with van der Waals surface area (Å²) in [5.74, 6) is 0.116. The van der Waals surface area contributed by atoms with Crippen molar-refractivity contribution in [2.24, 2.45) is 5.92 Å². The van der Waals surface area contributed by atoms with Crippen LogP contribution in [0.5, 0.6) is 0 Å². The second kappa shape index (κ2) is 8.35. The molecule has 0 aliphatic carbocycles. The molecule has 0 aromatic heterocycles. The van der Waals surface area contributed by atoms with Crippen LogP contribution in [0.15, 0.2) is 46.9 Å². The van der Waals surface area contributed by atoms with Gasteiger partial charge in [0.25, 0.3) is 0 Å². The predicted octanol–water partition coefficient (Wildman–Crippen LogP) is 5.26. The minimum absolute atomic E-state index is 0.0141. The Morgan fingerprint density at radius 2 is 2.12 bits per heavy atom. The molecule has 1 aliphatic heterocycles. The number of piperidine rings is 1. The Bertz CT molecular complexity index is 765. The van der Waals surface area contributed by atoms with E-state index >= 15 is 0 Å². The number of halogens is 2. The lowest BCUT2D eigenvalue weighted by atomic mass is 9.96. The highest BCUT2D eigenvalue weighted by Crippen LogP contribution is 2.24. The maximum absolute atomic E-state index is 12.7. The molecule has 3 nitrogen and oxygen atoms in total. The predicted molar refractivity (Wildman–Crippen MR) is 107 cm³/mol. The van der Waals surface area contributed by atoms with Gasteiger partial charge < -0.3 is 5.32 Å². The van der Waals surface area contributed by atoms with E-state index in [-0.39, 0.29) is 11.8 Å². The van der Waals surface area contributed by atoms with E-state index in [2.05, 4.69) is 32.2 Å². The van der Waals surface area contributed by atoms with Crippen LogP contribution in [-0.2, 0) is 11.3 Å². The molecule has 1 fully saturated rings. The lowest BCUT2D eigenvalue weighted by Crippen LogP contribution is -2.40. The lowest BCUT2D eigenvalue weighted by molar-refractivity contribution is -0.121. The number of rotatable bonds is 4. The fraction of sp³-hybridized carbons (Fsp3) is 0.350. The van der Waals surface area contributed by atoms with Gasteiger partial charge in [0.15, 0.2) is 0 Å². The first-order chi connectivity index (χ1) is 12.0. The summed E-state index contributed by atoms with van der Waals surface area (Å²) in [5.41, 5.74) is 3.09. The van der Waals surface area contributed by atoms with Crippen LogP contribution in [0.3, 0.4) is 0 Å². The molecule has 1 atom stereocenters. The van der Waals surface area contributed by atoms with Crippen molar-refractivity contribution < 1.29 is 4.79 Å². The minimum Gasteiger partial charge on any atom is -0.326 e. The quantitative estimate of drug-likeness (QED) is 0.730. The van der Waals surface area contributed by atoms with Gasteiger partial charge in [0.05, 0.1) is 5.92 Å². The van der Waals surface area contributed by atoms with E-state index in [0.717, 1.165) is 58.8 Å². The Morgan fingerprint density at radius 3 is 2.88 bits per heavy atom. The van der Waals surface area contributed by atoms with Crippen LogP contribution in [-0.4, -0.2) is 23.9 Å². The van der Waals surface area contributed by atoms with Crippen molar-refractivity contribution in [2.45, 2.75) is 26.3 Å². The van der Waals surface area contributed by atoms with E-state index < -0.39 is 0 Å². The summed E-state index contributed by atoms with van der Waals surface area (Å²) in [6, 6.07) is 13.8. The van der Waals surface area contributed by atoms with Gasteiger partial charge in [0.1, 0.15) is 0 Å². The van der Waals surface area contributed by atoms with Crippen molar-refractivity contribution in [3.63, 3.8) is 0 Å².